The third kappa shape index (κ3) is 2.53. The number of aromatic nitrogens is 3. The molecule has 25 heavy (non-hydrogen) atoms. The summed E-state index contributed by atoms with van der Waals surface area (Å²) in [7, 11) is -4.11. The maximum atomic E-state index is 13.4. The van der Waals surface area contributed by atoms with Gasteiger partial charge in [-0.25, -0.2) is 26.7 Å². The summed E-state index contributed by atoms with van der Waals surface area (Å²) < 4.78 is 54.4. The first-order valence-electron chi connectivity index (χ1n) is 7.40. The number of benzene rings is 1. The maximum Gasteiger partial charge on any atom is 0.276 e. The lowest BCUT2D eigenvalue weighted by Gasteiger charge is -2.27. The van der Waals surface area contributed by atoms with Crippen molar-refractivity contribution >= 4 is 15.7 Å². The summed E-state index contributed by atoms with van der Waals surface area (Å²) in [5.41, 5.74) is 0.867. The highest BCUT2D eigenvalue weighted by Gasteiger charge is 2.31. The molecule has 1 aliphatic heterocycles. The Hall–Kier alpha value is -2.59. The van der Waals surface area contributed by atoms with E-state index < -0.39 is 26.6 Å². The first-order chi connectivity index (χ1) is 11.9. The second-order valence-corrected chi connectivity index (χ2v) is 7.63. The number of fused-ring (bicyclic) bond motifs is 2. The predicted octanol–water partition coefficient (Wildman–Crippen LogP) is 1.05. The molecule has 0 unspecified atom stereocenters. The van der Waals surface area contributed by atoms with Gasteiger partial charge in [0.15, 0.2) is 5.65 Å². The average Bonchev–Trinajstić information content (AvgIpc) is 3.02. The van der Waals surface area contributed by atoms with Gasteiger partial charge in [-0.2, -0.15) is 4.31 Å². The molecule has 3 aromatic rings. The Morgan fingerprint density at radius 3 is 2.60 bits per heavy atom. The van der Waals surface area contributed by atoms with Gasteiger partial charge < -0.3 is 0 Å². The minimum Gasteiger partial charge on any atom is -0.297 e. The van der Waals surface area contributed by atoms with Gasteiger partial charge >= 0.3 is 0 Å². The van der Waals surface area contributed by atoms with Gasteiger partial charge in [0, 0.05) is 30.4 Å². The summed E-state index contributed by atoms with van der Waals surface area (Å²) in [6.07, 6.45) is 1.72. The summed E-state index contributed by atoms with van der Waals surface area (Å²) in [6, 6.07) is 3.74. The molecule has 0 atom stereocenters. The Morgan fingerprint density at radius 1 is 1.16 bits per heavy atom. The molecule has 130 valence electrons. The van der Waals surface area contributed by atoms with Crippen molar-refractivity contribution in [2.75, 3.05) is 6.54 Å². The average molecular weight is 366 g/mol. The second kappa shape index (κ2) is 5.46. The molecule has 0 radical (unpaired) electrons. The Labute approximate surface area is 140 Å². The van der Waals surface area contributed by atoms with E-state index in [1.54, 1.807) is 12.3 Å². The first kappa shape index (κ1) is 15.9. The molecular weight excluding hydrogens is 354 g/mol. The van der Waals surface area contributed by atoms with Crippen LogP contribution in [0, 0.1) is 11.6 Å². The van der Waals surface area contributed by atoms with E-state index >= 15 is 0 Å². The fourth-order valence-electron chi connectivity index (χ4n) is 2.94. The summed E-state index contributed by atoms with van der Waals surface area (Å²) in [6.45, 7) is -0.107. The summed E-state index contributed by atoms with van der Waals surface area (Å²) in [5, 5.41) is 2.74. The monoisotopic (exact) mass is 366 g/mol. The van der Waals surface area contributed by atoms with Crippen molar-refractivity contribution in [2.24, 2.45) is 0 Å². The SMILES string of the molecule is O=c1c2c(nc3cc[nH]n13)CN(S(=O)(=O)c1cc(F)cc(F)c1)CC2. The summed E-state index contributed by atoms with van der Waals surface area (Å²) >= 11 is 0. The lowest BCUT2D eigenvalue weighted by atomic mass is 10.1. The molecule has 10 heteroatoms. The van der Waals surface area contributed by atoms with Gasteiger partial charge in [0.2, 0.25) is 10.0 Å². The minimum absolute atomic E-state index is 0.0250. The van der Waals surface area contributed by atoms with Gasteiger partial charge in [-0.15, -0.1) is 0 Å². The van der Waals surface area contributed by atoms with Crippen molar-refractivity contribution in [2.45, 2.75) is 17.9 Å². The number of nitrogens with one attached hydrogen (secondary N) is 1. The summed E-state index contributed by atoms with van der Waals surface area (Å²) in [5.74, 6) is -1.94. The molecular formula is C15H12F2N4O3S. The van der Waals surface area contributed by atoms with Gasteiger partial charge in [-0.05, 0) is 18.6 Å². The van der Waals surface area contributed by atoms with Crippen LogP contribution in [0.4, 0.5) is 8.78 Å². The van der Waals surface area contributed by atoms with E-state index in [2.05, 4.69) is 10.1 Å². The Bertz CT molecular complexity index is 1130. The number of hydrogen-bond acceptors (Lipinski definition) is 4. The molecule has 0 fully saturated rings. The predicted molar refractivity (Wildman–Crippen MR) is 83.5 cm³/mol. The van der Waals surface area contributed by atoms with Crippen molar-refractivity contribution in [3.05, 3.63) is 63.7 Å². The Morgan fingerprint density at radius 2 is 1.88 bits per heavy atom. The quantitative estimate of drug-likeness (QED) is 0.734. The van der Waals surface area contributed by atoms with Gasteiger partial charge in [-0.3, -0.25) is 9.89 Å². The molecule has 3 heterocycles. The van der Waals surface area contributed by atoms with E-state index in [0.717, 1.165) is 16.4 Å². The number of sulfonamides is 1. The molecule has 0 bridgehead atoms. The van der Waals surface area contributed by atoms with Gasteiger partial charge in [0.05, 0.1) is 17.1 Å². The Balaban J connectivity index is 1.77. The number of H-pyrrole nitrogens is 1. The minimum atomic E-state index is -4.11. The van der Waals surface area contributed by atoms with Crippen LogP contribution in [0.25, 0.3) is 5.65 Å². The van der Waals surface area contributed by atoms with Gasteiger partial charge in [0.1, 0.15) is 11.6 Å². The molecule has 1 aliphatic rings. The topological polar surface area (TPSA) is 87.5 Å². The van der Waals surface area contributed by atoms with Crippen molar-refractivity contribution < 1.29 is 17.2 Å². The normalized spacial score (nSPS) is 15.4. The summed E-state index contributed by atoms with van der Waals surface area (Å²) in [4.78, 5) is 16.2. The molecule has 0 amide bonds. The van der Waals surface area contributed by atoms with E-state index in [0.29, 0.717) is 23.0 Å². The van der Waals surface area contributed by atoms with Crippen LogP contribution in [0.5, 0.6) is 0 Å². The van der Waals surface area contributed by atoms with Gasteiger partial charge in [-0.1, -0.05) is 0 Å². The number of hydrogen-bond donors (Lipinski definition) is 1. The molecule has 4 rings (SSSR count). The molecule has 7 nitrogen and oxygen atoms in total. The van der Waals surface area contributed by atoms with Crippen LogP contribution in [0.2, 0.25) is 0 Å². The van der Waals surface area contributed by atoms with Crippen LogP contribution >= 0.6 is 0 Å². The molecule has 0 aliphatic carbocycles. The van der Waals surface area contributed by atoms with E-state index in [4.69, 9.17) is 0 Å². The zero-order valence-electron chi connectivity index (χ0n) is 12.7. The van der Waals surface area contributed by atoms with Crippen LogP contribution in [0.1, 0.15) is 11.3 Å². The highest BCUT2D eigenvalue weighted by Crippen LogP contribution is 2.24. The third-order valence-corrected chi connectivity index (χ3v) is 5.96. The highest BCUT2D eigenvalue weighted by molar-refractivity contribution is 7.89. The highest BCUT2D eigenvalue weighted by atomic mass is 32.2. The molecule has 2 aromatic heterocycles. The zero-order valence-corrected chi connectivity index (χ0v) is 13.6. The van der Waals surface area contributed by atoms with Crippen molar-refractivity contribution in [3.8, 4) is 0 Å². The lowest BCUT2D eigenvalue weighted by Crippen LogP contribution is -2.39. The van der Waals surface area contributed by atoms with Crippen LogP contribution in [0.3, 0.4) is 0 Å². The van der Waals surface area contributed by atoms with Crippen LogP contribution < -0.4 is 5.56 Å². The van der Waals surface area contributed by atoms with Crippen molar-refractivity contribution in [1.29, 1.82) is 0 Å². The van der Waals surface area contributed by atoms with E-state index in [-0.39, 0.29) is 25.1 Å². The van der Waals surface area contributed by atoms with Crippen LogP contribution in [0.15, 0.2) is 40.2 Å². The van der Waals surface area contributed by atoms with E-state index in [9.17, 15) is 22.0 Å². The largest absolute Gasteiger partial charge is 0.297 e. The zero-order chi connectivity index (χ0) is 17.8. The standard InChI is InChI=1S/C15H12F2N4O3S/c16-9-5-10(17)7-11(6-9)25(23,24)20-4-2-12-13(8-20)19-14-1-3-18-21(14)15(12)22/h1,3,5-7,18H,2,4,8H2. The van der Waals surface area contributed by atoms with E-state index in [1.165, 1.54) is 4.52 Å². The fraction of sp³-hybridized carbons (Fsp3) is 0.200. The van der Waals surface area contributed by atoms with Crippen molar-refractivity contribution in [3.63, 3.8) is 0 Å². The second-order valence-electron chi connectivity index (χ2n) is 5.69. The van der Waals surface area contributed by atoms with Crippen LogP contribution in [-0.4, -0.2) is 33.9 Å². The number of halogens is 2. The fourth-order valence-corrected chi connectivity index (χ4v) is 4.38. The van der Waals surface area contributed by atoms with E-state index in [1.807, 2.05) is 0 Å². The molecule has 1 N–H and O–H groups in total. The Kier molecular flexibility index (Phi) is 3.48. The third-order valence-electron chi connectivity index (χ3n) is 4.14. The molecule has 1 aromatic carbocycles. The maximum absolute atomic E-state index is 13.4. The van der Waals surface area contributed by atoms with Gasteiger partial charge in [0.25, 0.3) is 5.56 Å². The molecule has 0 saturated carbocycles. The first-order valence-corrected chi connectivity index (χ1v) is 8.84. The van der Waals surface area contributed by atoms with Crippen molar-refractivity contribution in [1.82, 2.24) is 18.9 Å². The number of rotatable bonds is 2. The van der Waals surface area contributed by atoms with Crippen LogP contribution in [-0.2, 0) is 23.0 Å². The molecule has 0 spiro atoms. The smallest absolute Gasteiger partial charge is 0.276 e. The molecule has 0 saturated heterocycles. The number of nitrogens with zero attached hydrogens (tertiary/aromatic N) is 3. The lowest BCUT2D eigenvalue weighted by molar-refractivity contribution is 0.383. The number of aromatic amines is 1.